The van der Waals surface area contributed by atoms with E-state index in [0.29, 0.717) is 17.5 Å². The van der Waals surface area contributed by atoms with E-state index in [1.54, 1.807) is 6.07 Å². The number of benzene rings is 2. The van der Waals surface area contributed by atoms with E-state index in [-0.39, 0.29) is 5.82 Å². The summed E-state index contributed by atoms with van der Waals surface area (Å²) in [6.07, 6.45) is -9.21. The number of fused-ring (bicyclic) bond motifs is 2. The first-order valence-corrected chi connectivity index (χ1v) is 11.6. The number of hydrogen-bond donors (Lipinski definition) is 2. The maximum Gasteiger partial charge on any atom is 0.458 e. The van der Waals surface area contributed by atoms with Crippen molar-refractivity contribution in [3.8, 4) is 0 Å². The number of anilines is 3. The van der Waals surface area contributed by atoms with Gasteiger partial charge in [0.05, 0.1) is 5.69 Å². The number of halogens is 7. The highest BCUT2D eigenvalue weighted by atomic mass is 19.4. The molecule has 0 unspecified atom stereocenters. The van der Waals surface area contributed by atoms with E-state index in [9.17, 15) is 40.3 Å². The van der Waals surface area contributed by atoms with Gasteiger partial charge in [-0.15, -0.1) is 0 Å². The van der Waals surface area contributed by atoms with E-state index in [1.165, 1.54) is 36.3 Å². The Hall–Kier alpha value is -3.15. The van der Waals surface area contributed by atoms with Crippen LogP contribution in [0.4, 0.5) is 47.8 Å². The van der Waals surface area contributed by atoms with Crippen LogP contribution in [0.3, 0.4) is 0 Å². The van der Waals surface area contributed by atoms with E-state index < -0.39 is 23.9 Å². The fourth-order valence-corrected chi connectivity index (χ4v) is 5.11. The van der Waals surface area contributed by atoms with E-state index in [1.807, 2.05) is 19.1 Å². The lowest BCUT2D eigenvalue weighted by molar-refractivity contribution is -0.193. The highest BCUT2D eigenvalue weighted by Crippen LogP contribution is 2.46. The number of aryl methyl sites for hydroxylation is 2. The second-order valence-corrected chi connectivity index (χ2v) is 9.41. The highest BCUT2D eigenvalue weighted by molar-refractivity contribution is 6.41. The lowest BCUT2D eigenvalue weighted by atomic mass is 9.80. The van der Waals surface area contributed by atoms with Crippen LogP contribution in [0.2, 0.25) is 0 Å². The van der Waals surface area contributed by atoms with Gasteiger partial charge in [-0.25, -0.2) is 4.39 Å². The van der Waals surface area contributed by atoms with E-state index in [4.69, 9.17) is 0 Å². The van der Waals surface area contributed by atoms with Gasteiger partial charge in [-0.3, -0.25) is 9.59 Å². The number of alkyl halides is 6. The van der Waals surface area contributed by atoms with E-state index in [0.717, 1.165) is 30.8 Å². The van der Waals surface area contributed by atoms with Gasteiger partial charge in [0.25, 0.3) is 0 Å². The Bertz CT molecular complexity index is 1190. The van der Waals surface area contributed by atoms with Crippen LogP contribution in [0.15, 0.2) is 30.3 Å². The molecule has 0 aliphatic carbocycles. The van der Waals surface area contributed by atoms with Crippen molar-refractivity contribution in [2.75, 3.05) is 36.4 Å². The zero-order chi connectivity index (χ0) is 27.1. The minimum atomic E-state index is -5.77. The predicted molar refractivity (Wildman–Crippen MR) is 123 cm³/mol. The molecule has 200 valence electrons. The summed E-state index contributed by atoms with van der Waals surface area (Å²) in [6, 6.07) is 9.87. The third-order valence-corrected chi connectivity index (χ3v) is 6.73. The van der Waals surface area contributed by atoms with Crippen LogP contribution in [-0.2, 0) is 16.0 Å². The number of nitrogens with zero attached hydrogens (tertiary/aromatic N) is 1. The van der Waals surface area contributed by atoms with Gasteiger partial charge in [0, 0.05) is 43.5 Å². The number of rotatable bonds is 3. The Morgan fingerprint density at radius 1 is 1.00 bits per heavy atom. The molecule has 5 nitrogen and oxygen atoms in total. The minimum absolute atomic E-state index is 0.187. The molecular weight excluding hydrogens is 507 g/mol. The normalized spacial score (nSPS) is 20.4. The topological polar surface area (TPSA) is 61.4 Å². The fourth-order valence-electron chi connectivity index (χ4n) is 5.11. The van der Waals surface area contributed by atoms with Crippen LogP contribution in [0.1, 0.15) is 29.0 Å². The molecule has 0 spiro atoms. The SMILES string of the molecule is Cc1ccc(Nc2cc3c4c(c2)[C@@H]2CNC[C@@H]2CN4CCC3)c(F)c1.O=C(C(=O)C(F)(F)F)C(F)(F)F. The van der Waals surface area contributed by atoms with Crippen LogP contribution < -0.4 is 15.5 Å². The van der Waals surface area contributed by atoms with E-state index in [2.05, 4.69) is 27.7 Å². The van der Waals surface area contributed by atoms with Gasteiger partial charge in [0.15, 0.2) is 0 Å². The third-order valence-electron chi connectivity index (χ3n) is 6.73. The van der Waals surface area contributed by atoms with Gasteiger partial charge in [-0.1, -0.05) is 6.07 Å². The second kappa shape index (κ2) is 9.96. The molecule has 3 aliphatic rings. The molecule has 0 bridgehead atoms. The summed E-state index contributed by atoms with van der Waals surface area (Å²) in [7, 11) is 0. The summed E-state index contributed by atoms with van der Waals surface area (Å²) in [5.41, 5.74) is 6.86. The lowest BCUT2D eigenvalue weighted by Gasteiger charge is -2.42. The fraction of sp³-hybridized carbons (Fsp3) is 0.440. The van der Waals surface area contributed by atoms with Crippen LogP contribution in [0, 0.1) is 18.7 Å². The molecule has 3 heterocycles. The van der Waals surface area contributed by atoms with Gasteiger partial charge in [-0.05, 0) is 66.6 Å². The average Bonchev–Trinajstić information content (AvgIpc) is 3.28. The Kier molecular flexibility index (Phi) is 7.24. The molecule has 2 aromatic carbocycles. The van der Waals surface area contributed by atoms with Gasteiger partial charge in [0.1, 0.15) is 5.82 Å². The Balaban J connectivity index is 0.000000229. The van der Waals surface area contributed by atoms with Crippen LogP contribution in [0.25, 0.3) is 0 Å². The van der Waals surface area contributed by atoms with Crippen molar-refractivity contribution in [3.63, 3.8) is 0 Å². The monoisotopic (exact) mass is 531 g/mol. The Labute approximate surface area is 208 Å². The quantitative estimate of drug-likeness (QED) is 0.422. The summed E-state index contributed by atoms with van der Waals surface area (Å²) < 4.78 is 81.2. The Morgan fingerprint density at radius 2 is 1.68 bits per heavy atom. The summed E-state index contributed by atoms with van der Waals surface area (Å²) in [4.78, 5) is 21.8. The lowest BCUT2D eigenvalue weighted by Crippen LogP contribution is -2.41. The van der Waals surface area contributed by atoms with Crippen LogP contribution in [-0.4, -0.2) is 50.1 Å². The number of carbonyl (C=O) groups is 2. The number of hydrogen-bond acceptors (Lipinski definition) is 5. The molecular formula is C25H24F7N3O2. The molecule has 3 aliphatic heterocycles. The average molecular weight is 531 g/mol. The molecule has 37 heavy (non-hydrogen) atoms. The van der Waals surface area contributed by atoms with Gasteiger partial charge < -0.3 is 15.5 Å². The van der Waals surface area contributed by atoms with Crippen LogP contribution in [0.5, 0.6) is 0 Å². The van der Waals surface area contributed by atoms with Crippen molar-refractivity contribution in [1.29, 1.82) is 0 Å². The molecule has 12 heteroatoms. The number of carbonyl (C=O) groups excluding carboxylic acids is 2. The maximum atomic E-state index is 14.3. The summed E-state index contributed by atoms with van der Waals surface area (Å²) in [5, 5.41) is 6.90. The zero-order valence-corrected chi connectivity index (χ0v) is 19.7. The largest absolute Gasteiger partial charge is 0.458 e. The first-order valence-electron chi connectivity index (χ1n) is 11.6. The van der Waals surface area contributed by atoms with Crippen molar-refractivity contribution in [2.45, 2.75) is 38.0 Å². The summed E-state index contributed by atoms with van der Waals surface area (Å²) in [5.74, 6) is -5.71. The molecule has 2 aromatic rings. The van der Waals surface area contributed by atoms with Crippen molar-refractivity contribution in [3.05, 3.63) is 52.8 Å². The van der Waals surface area contributed by atoms with Gasteiger partial charge >= 0.3 is 23.9 Å². The number of ketones is 2. The van der Waals surface area contributed by atoms with Crippen molar-refractivity contribution < 1.29 is 40.3 Å². The molecule has 2 N–H and O–H groups in total. The van der Waals surface area contributed by atoms with Crippen molar-refractivity contribution in [1.82, 2.24) is 5.32 Å². The molecule has 0 saturated carbocycles. The molecule has 2 atom stereocenters. The smallest absolute Gasteiger partial charge is 0.371 e. The third kappa shape index (κ3) is 5.73. The maximum absolute atomic E-state index is 14.3. The van der Waals surface area contributed by atoms with Crippen molar-refractivity contribution in [2.24, 2.45) is 5.92 Å². The molecule has 0 aromatic heterocycles. The number of Topliss-reactive ketones (excluding diaryl/α,β-unsaturated/α-hetero) is 2. The summed E-state index contributed by atoms with van der Waals surface area (Å²) >= 11 is 0. The summed E-state index contributed by atoms with van der Waals surface area (Å²) in [6.45, 7) is 6.44. The molecule has 5 rings (SSSR count). The standard InChI is InChI=1S/C21H24FN3.C4F6O2/c1-13-4-5-20(19(22)7-13)24-16-8-14-3-2-6-25-12-15-10-23-11-18(15)17(9-16)21(14)25;5-3(6,7)1(11)2(12)4(8,9)10/h4-5,7-9,15,18,23-24H,2-3,6,10-12H2,1H3;/t15-,18-;/m1./s1. The molecule has 1 fully saturated rings. The minimum Gasteiger partial charge on any atom is -0.371 e. The second-order valence-electron chi connectivity index (χ2n) is 9.41. The first-order chi connectivity index (χ1) is 17.3. The van der Waals surface area contributed by atoms with E-state index >= 15 is 0 Å². The van der Waals surface area contributed by atoms with Crippen molar-refractivity contribution >= 4 is 28.6 Å². The van der Waals surface area contributed by atoms with Crippen LogP contribution >= 0.6 is 0 Å². The first kappa shape index (κ1) is 26.9. The van der Waals surface area contributed by atoms with Gasteiger partial charge in [-0.2, -0.15) is 26.3 Å². The molecule has 0 radical (unpaired) electrons. The highest BCUT2D eigenvalue weighted by Gasteiger charge is 2.54. The number of nitrogens with one attached hydrogen (secondary N) is 2. The molecule has 1 saturated heterocycles. The molecule has 0 amide bonds. The Morgan fingerprint density at radius 3 is 2.30 bits per heavy atom. The predicted octanol–water partition coefficient (Wildman–Crippen LogP) is 5.20. The zero-order valence-electron chi connectivity index (χ0n) is 19.7. The van der Waals surface area contributed by atoms with Gasteiger partial charge in [0.2, 0.25) is 0 Å².